The lowest BCUT2D eigenvalue weighted by Gasteiger charge is -2.11. The molecular formula is C17H20N6O3S. The van der Waals surface area contributed by atoms with E-state index in [0.29, 0.717) is 17.9 Å². The van der Waals surface area contributed by atoms with Crippen molar-refractivity contribution in [1.29, 1.82) is 0 Å². The molecule has 1 aromatic carbocycles. The Bertz CT molecular complexity index is 1040. The summed E-state index contributed by atoms with van der Waals surface area (Å²) in [6.45, 7) is 0.492. The van der Waals surface area contributed by atoms with Gasteiger partial charge in [0.1, 0.15) is 6.33 Å². The van der Waals surface area contributed by atoms with Gasteiger partial charge in [-0.1, -0.05) is 0 Å². The maximum Gasteiger partial charge on any atom is 0.252 e. The van der Waals surface area contributed by atoms with Gasteiger partial charge in [0, 0.05) is 38.6 Å². The van der Waals surface area contributed by atoms with Crippen LogP contribution in [0.15, 0.2) is 47.9 Å². The number of fused-ring (bicyclic) bond motifs is 1. The number of benzene rings is 1. The van der Waals surface area contributed by atoms with E-state index < -0.39 is 10.0 Å². The number of hydrogen-bond acceptors (Lipinski definition) is 6. The van der Waals surface area contributed by atoms with Gasteiger partial charge in [0.25, 0.3) is 11.7 Å². The fourth-order valence-corrected chi connectivity index (χ4v) is 3.37. The van der Waals surface area contributed by atoms with Crippen molar-refractivity contribution in [3.8, 4) is 0 Å². The van der Waals surface area contributed by atoms with Crippen molar-refractivity contribution in [3.63, 3.8) is 0 Å². The molecule has 0 aliphatic rings. The van der Waals surface area contributed by atoms with Crippen LogP contribution in [-0.4, -0.2) is 58.9 Å². The predicted octanol–water partition coefficient (Wildman–Crippen LogP) is 0.737. The molecule has 3 aromatic rings. The molecule has 1 amide bonds. The molecule has 0 saturated heterocycles. The first kappa shape index (κ1) is 18.9. The summed E-state index contributed by atoms with van der Waals surface area (Å²) in [4.78, 5) is 20.5. The summed E-state index contributed by atoms with van der Waals surface area (Å²) in [5, 5.41) is 6.87. The summed E-state index contributed by atoms with van der Waals surface area (Å²) in [6.07, 6.45) is 6.53. The van der Waals surface area contributed by atoms with Gasteiger partial charge in [0.15, 0.2) is 0 Å². The van der Waals surface area contributed by atoms with E-state index in [4.69, 9.17) is 0 Å². The molecule has 10 heteroatoms. The van der Waals surface area contributed by atoms with Crippen molar-refractivity contribution in [1.82, 2.24) is 29.2 Å². The van der Waals surface area contributed by atoms with Crippen LogP contribution in [0.25, 0.3) is 5.78 Å². The highest BCUT2D eigenvalue weighted by Crippen LogP contribution is 2.14. The van der Waals surface area contributed by atoms with E-state index in [1.807, 2.05) is 6.20 Å². The average molecular weight is 388 g/mol. The molecule has 9 nitrogen and oxygen atoms in total. The van der Waals surface area contributed by atoms with Gasteiger partial charge in [-0.3, -0.25) is 4.79 Å². The molecule has 1 N–H and O–H groups in total. The SMILES string of the molecule is CN(C)S(=O)(=O)c1ccc(C(=O)NCCCc2cnc3ncnn3c2)cc1. The third-order valence-electron chi connectivity index (χ3n) is 4.01. The molecule has 0 radical (unpaired) electrons. The molecule has 0 fully saturated rings. The normalized spacial score (nSPS) is 11.8. The molecule has 27 heavy (non-hydrogen) atoms. The third kappa shape index (κ3) is 4.29. The van der Waals surface area contributed by atoms with Gasteiger partial charge in [-0.15, -0.1) is 0 Å². The first-order valence-corrected chi connectivity index (χ1v) is 9.77. The lowest BCUT2D eigenvalue weighted by Crippen LogP contribution is -2.25. The van der Waals surface area contributed by atoms with Crippen LogP contribution in [0, 0.1) is 0 Å². The Kier molecular flexibility index (Phi) is 5.47. The fraction of sp³-hybridized carbons (Fsp3) is 0.294. The van der Waals surface area contributed by atoms with Crippen molar-refractivity contribution in [3.05, 3.63) is 54.1 Å². The highest BCUT2D eigenvalue weighted by molar-refractivity contribution is 7.89. The van der Waals surface area contributed by atoms with Gasteiger partial charge in [0.2, 0.25) is 10.0 Å². The standard InChI is InChI=1S/C17H20N6O3S/c1-22(2)27(25,26)15-7-5-14(6-8-15)16(24)18-9-3-4-13-10-19-17-20-12-21-23(17)11-13/h5-8,10-12H,3-4,9H2,1-2H3,(H,18,24). The van der Waals surface area contributed by atoms with E-state index in [2.05, 4.69) is 20.4 Å². The summed E-state index contributed by atoms with van der Waals surface area (Å²) in [7, 11) is -0.569. The van der Waals surface area contributed by atoms with Crippen LogP contribution in [0.5, 0.6) is 0 Å². The molecule has 3 rings (SSSR count). The average Bonchev–Trinajstić information content (AvgIpc) is 3.13. The number of sulfonamides is 1. The second kappa shape index (κ2) is 7.80. The Labute approximate surface area is 157 Å². The summed E-state index contributed by atoms with van der Waals surface area (Å²) in [5.41, 5.74) is 1.42. The maximum atomic E-state index is 12.2. The van der Waals surface area contributed by atoms with Crippen molar-refractivity contribution in [2.24, 2.45) is 0 Å². The fourth-order valence-electron chi connectivity index (χ4n) is 2.47. The van der Waals surface area contributed by atoms with Gasteiger partial charge in [-0.05, 0) is 42.7 Å². The van der Waals surface area contributed by atoms with Crippen LogP contribution >= 0.6 is 0 Å². The highest BCUT2D eigenvalue weighted by atomic mass is 32.2. The number of carbonyl (C=O) groups excluding carboxylic acids is 1. The van der Waals surface area contributed by atoms with Crippen molar-refractivity contribution < 1.29 is 13.2 Å². The van der Waals surface area contributed by atoms with E-state index in [-0.39, 0.29) is 10.8 Å². The maximum absolute atomic E-state index is 12.2. The van der Waals surface area contributed by atoms with E-state index in [1.54, 1.807) is 10.7 Å². The molecule has 0 aliphatic carbocycles. The minimum atomic E-state index is -3.50. The van der Waals surface area contributed by atoms with Crippen LogP contribution in [0.1, 0.15) is 22.3 Å². The highest BCUT2D eigenvalue weighted by Gasteiger charge is 2.17. The largest absolute Gasteiger partial charge is 0.352 e. The summed E-state index contributed by atoms with van der Waals surface area (Å²) in [6, 6.07) is 5.88. The zero-order chi connectivity index (χ0) is 19.4. The van der Waals surface area contributed by atoms with Crippen LogP contribution in [0.3, 0.4) is 0 Å². The summed E-state index contributed by atoms with van der Waals surface area (Å²) < 4.78 is 26.8. The van der Waals surface area contributed by atoms with Crippen LogP contribution < -0.4 is 5.32 Å². The first-order valence-electron chi connectivity index (χ1n) is 8.33. The molecule has 0 spiro atoms. The zero-order valence-electron chi connectivity index (χ0n) is 15.0. The van der Waals surface area contributed by atoms with Gasteiger partial charge in [0.05, 0.1) is 4.90 Å². The Morgan fingerprint density at radius 3 is 2.63 bits per heavy atom. The second-order valence-electron chi connectivity index (χ2n) is 6.14. The number of nitrogens with one attached hydrogen (secondary N) is 1. The second-order valence-corrected chi connectivity index (χ2v) is 8.29. The van der Waals surface area contributed by atoms with Gasteiger partial charge >= 0.3 is 0 Å². The predicted molar refractivity (Wildman–Crippen MR) is 98.8 cm³/mol. The Hall–Kier alpha value is -2.85. The molecule has 2 aromatic heterocycles. The number of aryl methyl sites for hydroxylation is 1. The van der Waals surface area contributed by atoms with Crippen molar-refractivity contribution in [2.45, 2.75) is 17.7 Å². The van der Waals surface area contributed by atoms with E-state index in [9.17, 15) is 13.2 Å². The number of aromatic nitrogens is 4. The topological polar surface area (TPSA) is 110 Å². The van der Waals surface area contributed by atoms with Crippen LogP contribution in [-0.2, 0) is 16.4 Å². The van der Waals surface area contributed by atoms with Gasteiger partial charge in [-0.25, -0.2) is 22.2 Å². The lowest BCUT2D eigenvalue weighted by atomic mass is 10.2. The minimum Gasteiger partial charge on any atom is -0.352 e. The number of nitrogens with zero attached hydrogens (tertiary/aromatic N) is 5. The minimum absolute atomic E-state index is 0.153. The smallest absolute Gasteiger partial charge is 0.252 e. The number of carbonyl (C=O) groups is 1. The Balaban J connectivity index is 1.51. The molecule has 142 valence electrons. The van der Waals surface area contributed by atoms with Gasteiger partial charge in [-0.2, -0.15) is 10.1 Å². The number of hydrogen-bond donors (Lipinski definition) is 1. The quantitative estimate of drug-likeness (QED) is 0.598. The Morgan fingerprint density at radius 1 is 1.19 bits per heavy atom. The van der Waals surface area contributed by atoms with Gasteiger partial charge < -0.3 is 5.32 Å². The lowest BCUT2D eigenvalue weighted by molar-refractivity contribution is 0.0953. The van der Waals surface area contributed by atoms with Crippen molar-refractivity contribution in [2.75, 3.05) is 20.6 Å². The molecular weight excluding hydrogens is 368 g/mol. The molecule has 0 unspecified atom stereocenters. The molecule has 0 aliphatic heterocycles. The first-order chi connectivity index (χ1) is 12.9. The summed E-state index contributed by atoms with van der Waals surface area (Å²) >= 11 is 0. The molecule has 0 saturated carbocycles. The van der Waals surface area contributed by atoms with E-state index >= 15 is 0 Å². The number of rotatable bonds is 7. The summed E-state index contributed by atoms with van der Waals surface area (Å²) in [5.74, 6) is 0.306. The zero-order valence-corrected chi connectivity index (χ0v) is 15.8. The molecule has 0 bridgehead atoms. The number of amides is 1. The molecule has 2 heterocycles. The molecule has 0 atom stereocenters. The van der Waals surface area contributed by atoms with Crippen LogP contribution in [0.4, 0.5) is 0 Å². The monoisotopic (exact) mass is 388 g/mol. The third-order valence-corrected chi connectivity index (χ3v) is 5.84. The van der Waals surface area contributed by atoms with E-state index in [0.717, 1.165) is 22.7 Å². The van der Waals surface area contributed by atoms with Crippen molar-refractivity contribution >= 4 is 21.7 Å². The Morgan fingerprint density at radius 2 is 1.93 bits per heavy atom. The van der Waals surface area contributed by atoms with E-state index in [1.165, 1.54) is 44.7 Å². The van der Waals surface area contributed by atoms with Crippen LogP contribution in [0.2, 0.25) is 0 Å².